The molecule has 0 bridgehead atoms. The average molecular weight is 295 g/mol. The van der Waals surface area contributed by atoms with Crippen molar-refractivity contribution in [2.24, 2.45) is 5.73 Å². The molecule has 0 saturated heterocycles. The second-order valence-corrected chi connectivity index (χ2v) is 6.19. The fourth-order valence-electron chi connectivity index (χ4n) is 2.59. The largest absolute Gasteiger partial charge is 0.397 e. The van der Waals surface area contributed by atoms with E-state index in [9.17, 15) is 9.59 Å². The SMILES string of the molecule is CCC(=O)c1sc(NC2CCCCC2)c(C(N)=O)c1N. The maximum atomic E-state index is 11.9. The number of ketones is 1. The minimum atomic E-state index is -0.577. The van der Waals surface area contributed by atoms with Crippen LogP contribution in [0.15, 0.2) is 0 Å². The predicted molar refractivity (Wildman–Crippen MR) is 82.4 cm³/mol. The van der Waals surface area contributed by atoms with E-state index in [1.54, 1.807) is 6.92 Å². The van der Waals surface area contributed by atoms with Crippen molar-refractivity contribution in [3.05, 3.63) is 10.4 Å². The van der Waals surface area contributed by atoms with Crippen molar-refractivity contribution in [3.63, 3.8) is 0 Å². The zero-order chi connectivity index (χ0) is 14.7. The summed E-state index contributed by atoms with van der Waals surface area (Å²) in [6.45, 7) is 1.78. The molecule has 0 unspecified atom stereocenters. The maximum absolute atomic E-state index is 11.9. The number of thiophene rings is 1. The third-order valence-electron chi connectivity index (χ3n) is 3.71. The van der Waals surface area contributed by atoms with Gasteiger partial charge in [0, 0.05) is 12.5 Å². The molecule has 5 nitrogen and oxygen atoms in total. The van der Waals surface area contributed by atoms with Crippen LogP contribution in [0.25, 0.3) is 0 Å². The highest BCUT2D eigenvalue weighted by Gasteiger charge is 2.25. The normalized spacial score (nSPS) is 16.1. The molecule has 5 N–H and O–H groups in total. The molecular formula is C14H21N3O2S. The standard InChI is InChI=1S/C14H21N3O2S/c1-2-9(18)12-11(15)10(13(16)19)14(20-12)17-8-6-4-3-5-7-8/h8,17H,2-7,15H2,1H3,(H2,16,19). The first kappa shape index (κ1) is 14.8. The third-order valence-corrected chi connectivity index (χ3v) is 4.88. The molecule has 1 aromatic rings. The van der Waals surface area contributed by atoms with Crippen molar-refractivity contribution >= 4 is 33.7 Å². The molecule has 0 atom stereocenters. The highest BCUT2D eigenvalue weighted by molar-refractivity contribution is 7.19. The van der Waals surface area contributed by atoms with Gasteiger partial charge in [-0.1, -0.05) is 26.2 Å². The molecule has 0 radical (unpaired) electrons. The Labute approximate surface area is 122 Å². The van der Waals surface area contributed by atoms with Gasteiger partial charge in [-0.15, -0.1) is 11.3 Å². The van der Waals surface area contributed by atoms with E-state index in [0.717, 1.165) is 12.8 Å². The molecule has 6 heteroatoms. The number of hydrogen-bond acceptors (Lipinski definition) is 5. The highest BCUT2D eigenvalue weighted by Crippen LogP contribution is 2.37. The van der Waals surface area contributed by atoms with Crippen LogP contribution in [0, 0.1) is 0 Å². The van der Waals surface area contributed by atoms with Crippen LogP contribution in [0.3, 0.4) is 0 Å². The third kappa shape index (κ3) is 2.95. The number of nitrogens with one attached hydrogen (secondary N) is 1. The van der Waals surface area contributed by atoms with Crippen LogP contribution in [0.5, 0.6) is 0 Å². The molecule has 1 aliphatic rings. The molecule has 2 rings (SSSR count). The number of rotatable bonds is 5. The summed E-state index contributed by atoms with van der Waals surface area (Å²) in [7, 11) is 0. The van der Waals surface area contributed by atoms with Crippen molar-refractivity contribution in [1.82, 2.24) is 0 Å². The van der Waals surface area contributed by atoms with Gasteiger partial charge in [-0.05, 0) is 12.8 Å². The highest BCUT2D eigenvalue weighted by atomic mass is 32.1. The first-order valence-corrected chi connectivity index (χ1v) is 7.88. The molecule has 1 saturated carbocycles. The summed E-state index contributed by atoms with van der Waals surface area (Å²) in [5.41, 5.74) is 11.9. The second-order valence-electron chi connectivity index (χ2n) is 5.17. The zero-order valence-corrected chi connectivity index (χ0v) is 12.5. The van der Waals surface area contributed by atoms with E-state index in [4.69, 9.17) is 11.5 Å². The van der Waals surface area contributed by atoms with E-state index >= 15 is 0 Å². The van der Waals surface area contributed by atoms with Crippen LogP contribution in [0.4, 0.5) is 10.7 Å². The van der Waals surface area contributed by atoms with E-state index in [0.29, 0.717) is 22.3 Å². The molecule has 0 aromatic carbocycles. The molecule has 0 aliphatic heterocycles. The van der Waals surface area contributed by atoms with Gasteiger partial charge in [-0.2, -0.15) is 0 Å². The second kappa shape index (κ2) is 6.26. The van der Waals surface area contributed by atoms with Crippen LogP contribution in [0.1, 0.15) is 65.5 Å². The van der Waals surface area contributed by atoms with Gasteiger partial charge >= 0.3 is 0 Å². The maximum Gasteiger partial charge on any atom is 0.253 e. The van der Waals surface area contributed by atoms with E-state index in [1.807, 2.05) is 0 Å². The Morgan fingerprint density at radius 3 is 2.50 bits per heavy atom. The molecule has 1 aliphatic carbocycles. The van der Waals surface area contributed by atoms with Gasteiger partial charge in [-0.3, -0.25) is 9.59 Å². The Bertz CT molecular complexity index is 519. The summed E-state index contributed by atoms with van der Waals surface area (Å²) < 4.78 is 0. The lowest BCUT2D eigenvalue weighted by Gasteiger charge is -2.23. The first-order valence-electron chi connectivity index (χ1n) is 7.06. The van der Waals surface area contributed by atoms with Crippen LogP contribution in [-0.2, 0) is 0 Å². The fraction of sp³-hybridized carbons (Fsp3) is 0.571. The summed E-state index contributed by atoms with van der Waals surface area (Å²) >= 11 is 1.25. The fourth-order valence-corrected chi connectivity index (χ4v) is 3.80. The summed E-state index contributed by atoms with van der Waals surface area (Å²) in [6, 6.07) is 0.337. The van der Waals surface area contributed by atoms with Crippen LogP contribution < -0.4 is 16.8 Å². The number of nitrogen functional groups attached to an aromatic ring is 1. The van der Waals surface area contributed by atoms with Crippen molar-refractivity contribution < 1.29 is 9.59 Å². The van der Waals surface area contributed by atoms with E-state index in [2.05, 4.69) is 5.32 Å². The van der Waals surface area contributed by atoms with Gasteiger partial charge in [-0.25, -0.2) is 0 Å². The van der Waals surface area contributed by atoms with Gasteiger partial charge in [0.15, 0.2) is 5.78 Å². The number of Topliss-reactive ketones (excluding diaryl/α,β-unsaturated/α-hetero) is 1. The first-order chi connectivity index (χ1) is 9.54. The van der Waals surface area contributed by atoms with Crippen LogP contribution in [-0.4, -0.2) is 17.7 Å². The van der Waals surface area contributed by atoms with E-state index in [1.165, 1.54) is 30.6 Å². The topological polar surface area (TPSA) is 98.2 Å². The predicted octanol–water partition coefficient (Wildman–Crippen LogP) is 2.77. The quantitative estimate of drug-likeness (QED) is 0.727. The number of carbonyl (C=O) groups is 2. The summed E-state index contributed by atoms with van der Waals surface area (Å²) in [5, 5.41) is 4.01. The Morgan fingerprint density at radius 1 is 1.30 bits per heavy atom. The Kier molecular flexibility index (Phi) is 4.65. The lowest BCUT2D eigenvalue weighted by atomic mass is 9.95. The molecular weight excluding hydrogens is 274 g/mol. The van der Waals surface area contributed by atoms with Gasteiger partial charge in [0.25, 0.3) is 5.91 Å². The lowest BCUT2D eigenvalue weighted by Crippen LogP contribution is -2.23. The number of amides is 1. The molecule has 110 valence electrons. The molecule has 0 spiro atoms. The van der Waals surface area contributed by atoms with Crippen LogP contribution >= 0.6 is 11.3 Å². The molecule has 20 heavy (non-hydrogen) atoms. The minimum Gasteiger partial charge on any atom is -0.397 e. The number of anilines is 2. The Morgan fingerprint density at radius 2 is 1.95 bits per heavy atom. The number of hydrogen-bond donors (Lipinski definition) is 3. The van der Waals surface area contributed by atoms with Crippen molar-refractivity contribution in [3.8, 4) is 0 Å². The van der Waals surface area contributed by atoms with Crippen molar-refractivity contribution in [2.75, 3.05) is 11.1 Å². The van der Waals surface area contributed by atoms with Gasteiger partial charge in [0.05, 0.1) is 16.1 Å². The summed E-state index contributed by atoms with van der Waals surface area (Å²) in [6.07, 6.45) is 6.15. The summed E-state index contributed by atoms with van der Waals surface area (Å²) in [5.74, 6) is -0.626. The minimum absolute atomic E-state index is 0.0494. The van der Waals surface area contributed by atoms with Gasteiger partial charge in [0.2, 0.25) is 0 Å². The summed E-state index contributed by atoms with van der Waals surface area (Å²) in [4.78, 5) is 23.9. The van der Waals surface area contributed by atoms with Crippen molar-refractivity contribution in [2.45, 2.75) is 51.5 Å². The van der Waals surface area contributed by atoms with E-state index < -0.39 is 5.91 Å². The van der Waals surface area contributed by atoms with E-state index in [-0.39, 0.29) is 17.0 Å². The van der Waals surface area contributed by atoms with Gasteiger partial charge in [0.1, 0.15) is 5.00 Å². The monoisotopic (exact) mass is 295 g/mol. The number of nitrogens with two attached hydrogens (primary N) is 2. The molecule has 1 aromatic heterocycles. The Hall–Kier alpha value is -1.56. The lowest BCUT2D eigenvalue weighted by molar-refractivity contribution is 0.0991. The van der Waals surface area contributed by atoms with Crippen LogP contribution in [0.2, 0.25) is 0 Å². The smallest absolute Gasteiger partial charge is 0.253 e. The van der Waals surface area contributed by atoms with Crippen molar-refractivity contribution in [1.29, 1.82) is 0 Å². The number of primary amides is 1. The van der Waals surface area contributed by atoms with Gasteiger partial charge < -0.3 is 16.8 Å². The average Bonchev–Trinajstić information content (AvgIpc) is 2.76. The molecule has 1 fully saturated rings. The Balaban J connectivity index is 2.30. The molecule has 1 heterocycles. The molecule has 1 amide bonds. The number of carbonyl (C=O) groups excluding carboxylic acids is 2. The zero-order valence-electron chi connectivity index (χ0n) is 11.7.